The fourth-order valence-corrected chi connectivity index (χ4v) is 2.25. The summed E-state index contributed by atoms with van der Waals surface area (Å²) in [5.41, 5.74) is 5.36. The summed E-state index contributed by atoms with van der Waals surface area (Å²) in [7, 11) is 0. The topological polar surface area (TPSA) is 55.1 Å². The van der Waals surface area contributed by atoms with Crippen molar-refractivity contribution in [1.82, 2.24) is 5.32 Å². The predicted octanol–water partition coefficient (Wildman–Crippen LogP) is 2.71. The lowest BCUT2D eigenvalue weighted by Crippen LogP contribution is -2.32. The zero-order valence-corrected chi connectivity index (χ0v) is 12.6. The Morgan fingerprint density at radius 3 is 2.61 bits per heavy atom. The third-order valence-corrected chi connectivity index (χ3v) is 3.54. The van der Waals surface area contributed by atoms with E-state index in [4.69, 9.17) is 17.3 Å². The smallest absolute Gasteiger partial charge is 0.233 e. The maximum Gasteiger partial charge on any atom is 0.233 e. The summed E-state index contributed by atoms with van der Waals surface area (Å²) in [6, 6.07) is 7.47. The number of rotatable bonds is 6. The molecule has 1 atom stereocenters. The third-order valence-electron chi connectivity index (χ3n) is 2.18. The SMILES string of the molecule is CC(Sc1ccc(Cl)cc1)C(=O)NCCCN.Cl. The summed E-state index contributed by atoms with van der Waals surface area (Å²) in [5.74, 6) is 0.0402. The van der Waals surface area contributed by atoms with Crippen LogP contribution in [0.4, 0.5) is 0 Å². The van der Waals surface area contributed by atoms with Crippen molar-refractivity contribution >= 4 is 41.7 Å². The van der Waals surface area contributed by atoms with E-state index in [-0.39, 0.29) is 23.6 Å². The van der Waals surface area contributed by atoms with Crippen LogP contribution in [-0.2, 0) is 4.79 Å². The van der Waals surface area contributed by atoms with E-state index in [1.54, 1.807) is 0 Å². The molecule has 0 saturated heterocycles. The highest BCUT2D eigenvalue weighted by atomic mass is 35.5. The maximum absolute atomic E-state index is 11.7. The number of hydrogen-bond acceptors (Lipinski definition) is 3. The number of nitrogens with two attached hydrogens (primary N) is 1. The van der Waals surface area contributed by atoms with E-state index >= 15 is 0 Å². The summed E-state index contributed by atoms with van der Waals surface area (Å²) >= 11 is 7.31. The highest BCUT2D eigenvalue weighted by Gasteiger charge is 2.13. The van der Waals surface area contributed by atoms with Gasteiger partial charge in [-0.15, -0.1) is 24.2 Å². The van der Waals surface area contributed by atoms with E-state index in [1.807, 2.05) is 31.2 Å². The van der Waals surface area contributed by atoms with E-state index in [2.05, 4.69) is 5.32 Å². The molecule has 1 aromatic carbocycles. The van der Waals surface area contributed by atoms with Crippen LogP contribution in [0.25, 0.3) is 0 Å². The second-order valence-corrected chi connectivity index (χ2v) is 5.50. The molecule has 0 saturated carbocycles. The highest BCUT2D eigenvalue weighted by Crippen LogP contribution is 2.24. The minimum absolute atomic E-state index is 0. The molecule has 0 spiro atoms. The van der Waals surface area contributed by atoms with Gasteiger partial charge < -0.3 is 11.1 Å². The second kappa shape index (κ2) is 9.50. The molecule has 1 unspecified atom stereocenters. The lowest BCUT2D eigenvalue weighted by molar-refractivity contribution is -0.120. The molecule has 0 aromatic heterocycles. The fraction of sp³-hybridized carbons (Fsp3) is 0.417. The maximum atomic E-state index is 11.7. The van der Waals surface area contributed by atoms with Crippen molar-refractivity contribution in [3.05, 3.63) is 29.3 Å². The summed E-state index contributed by atoms with van der Waals surface area (Å²) in [4.78, 5) is 12.7. The second-order valence-electron chi connectivity index (χ2n) is 3.65. The van der Waals surface area contributed by atoms with Gasteiger partial charge in [0, 0.05) is 16.5 Å². The number of carbonyl (C=O) groups is 1. The van der Waals surface area contributed by atoms with E-state index in [9.17, 15) is 4.79 Å². The standard InChI is InChI=1S/C12H17ClN2OS.ClH/c1-9(12(16)15-8-2-7-14)17-11-5-3-10(13)4-6-11;/h3-6,9H,2,7-8,14H2,1H3,(H,15,16);1H. The number of nitrogens with one attached hydrogen (secondary N) is 1. The molecular formula is C12H18Cl2N2OS. The number of thioether (sulfide) groups is 1. The Morgan fingerprint density at radius 1 is 1.44 bits per heavy atom. The molecule has 3 nitrogen and oxygen atoms in total. The van der Waals surface area contributed by atoms with E-state index in [0.29, 0.717) is 18.1 Å². The summed E-state index contributed by atoms with van der Waals surface area (Å²) < 4.78 is 0. The Bertz CT molecular complexity index is 360. The van der Waals surface area contributed by atoms with Gasteiger partial charge in [0.1, 0.15) is 0 Å². The van der Waals surface area contributed by atoms with Crippen LogP contribution in [0.5, 0.6) is 0 Å². The van der Waals surface area contributed by atoms with Crippen LogP contribution in [0.2, 0.25) is 5.02 Å². The van der Waals surface area contributed by atoms with Crippen molar-refractivity contribution in [2.75, 3.05) is 13.1 Å². The molecule has 6 heteroatoms. The van der Waals surface area contributed by atoms with Crippen LogP contribution in [0.3, 0.4) is 0 Å². The van der Waals surface area contributed by atoms with Crippen molar-refractivity contribution in [3.8, 4) is 0 Å². The number of halogens is 2. The third kappa shape index (κ3) is 6.50. The van der Waals surface area contributed by atoms with Gasteiger partial charge in [0.05, 0.1) is 5.25 Å². The molecule has 0 aliphatic heterocycles. The van der Waals surface area contributed by atoms with E-state index < -0.39 is 0 Å². The van der Waals surface area contributed by atoms with Gasteiger partial charge in [-0.1, -0.05) is 11.6 Å². The predicted molar refractivity (Wildman–Crippen MR) is 80.7 cm³/mol. The highest BCUT2D eigenvalue weighted by molar-refractivity contribution is 8.00. The molecule has 0 aliphatic carbocycles. The molecule has 3 N–H and O–H groups in total. The van der Waals surface area contributed by atoms with Gasteiger partial charge in [-0.05, 0) is 44.2 Å². The Kier molecular flexibility index (Phi) is 9.28. The van der Waals surface area contributed by atoms with Gasteiger partial charge in [0.25, 0.3) is 0 Å². The van der Waals surface area contributed by atoms with Crippen LogP contribution >= 0.6 is 35.8 Å². The zero-order chi connectivity index (χ0) is 12.7. The van der Waals surface area contributed by atoms with Crippen molar-refractivity contribution in [2.45, 2.75) is 23.5 Å². The molecule has 0 fully saturated rings. The molecule has 18 heavy (non-hydrogen) atoms. The number of hydrogen-bond donors (Lipinski definition) is 2. The molecule has 0 aliphatic rings. The molecule has 0 radical (unpaired) electrons. The molecule has 102 valence electrons. The van der Waals surface area contributed by atoms with Gasteiger partial charge in [-0.2, -0.15) is 0 Å². The van der Waals surface area contributed by atoms with Crippen molar-refractivity contribution in [3.63, 3.8) is 0 Å². The molecular weight excluding hydrogens is 291 g/mol. The van der Waals surface area contributed by atoms with Gasteiger partial charge >= 0.3 is 0 Å². The zero-order valence-electron chi connectivity index (χ0n) is 10.2. The molecule has 1 rings (SSSR count). The van der Waals surface area contributed by atoms with E-state index in [1.165, 1.54) is 11.8 Å². The Hall–Kier alpha value is -0.420. The quantitative estimate of drug-likeness (QED) is 0.627. The molecule has 1 aromatic rings. The largest absolute Gasteiger partial charge is 0.355 e. The number of benzene rings is 1. The lowest BCUT2D eigenvalue weighted by Gasteiger charge is -2.11. The average molecular weight is 309 g/mol. The fourth-order valence-electron chi connectivity index (χ4n) is 1.23. The number of amides is 1. The van der Waals surface area contributed by atoms with Gasteiger partial charge in [0.15, 0.2) is 0 Å². The molecule has 1 amide bonds. The van der Waals surface area contributed by atoms with Crippen LogP contribution in [0.15, 0.2) is 29.2 Å². The van der Waals surface area contributed by atoms with Gasteiger partial charge in [0.2, 0.25) is 5.91 Å². The first-order chi connectivity index (χ1) is 8.13. The first-order valence-corrected chi connectivity index (χ1v) is 6.79. The summed E-state index contributed by atoms with van der Waals surface area (Å²) in [6.07, 6.45) is 0.810. The van der Waals surface area contributed by atoms with Crippen molar-refractivity contribution < 1.29 is 4.79 Å². The van der Waals surface area contributed by atoms with Crippen molar-refractivity contribution in [2.24, 2.45) is 5.73 Å². The minimum Gasteiger partial charge on any atom is -0.355 e. The van der Waals surface area contributed by atoms with Crippen LogP contribution in [0.1, 0.15) is 13.3 Å². The Labute approximate surface area is 123 Å². The van der Waals surface area contributed by atoms with Gasteiger partial charge in [-0.3, -0.25) is 4.79 Å². The molecule has 0 bridgehead atoms. The summed E-state index contributed by atoms with van der Waals surface area (Å²) in [5, 5.41) is 3.44. The summed E-state index contributed by atoms with van der Waals surface area (Å²) in [6.45, 7) is 3.12. The van der Waals surface area contributed by atoms with Crippen LogP contribution in [-0.4, -0.2) is 24.2 Å². The first kappa shape index (κ1) is 17.6. The van der Waals surface area contributed by atoms with E-state index in [0.717, 1.165) is 11.3 Å². The Balaban J connectivity index is 0.00000289. The monoisotopic (exact) mass is 308 g/mol. The average Bonchev–Trinajstić information content (AvgIpc) is 2.32. The van der Waals surface area contributed by atoms with Crippen molar-refractivity contribution in [1.29, 1.82) is 0 Å². The minimum atomic E-state index is -0.117. The van der Waals surface area contributed by atoms with Crippen LogP contribution < -0.4 is 11.1 Å². The van der Waals surface area contributed by atoms with Gasteiger partial charge in [-0.25, -0.2) is 0 Å². The van der Waals surface area contributed by atoms with Crippen LogP contribution in [0, 0.1) is 0 Å². The Morgan fingerprint density at radius 2 is 2.06 bits per heavy atom. The normalized spacial score (nSPS) is 11.5. The first-order valence-electron chi connectivity index (χ1n) is 5.53. The number of carbonyl (C=O) groups excluding carboxylic acids is 1. The lowest BCUT2D eigenvalue weighted by atomic mass is 10.4. The molecule has 0 heterocycles.